The summed E-state index contributed by atoms with van der Waals surface area (Å²) >= 11 is 0. The minimum atomic E-state index is -4.58. The Kier molecular flexibility index (Phi) is 5.82. The zero-order chi connectivity index (χ0) is 21.5. The summed E-state index contributed by atoms with van der Waals surface area (Å²) in [5, 5.41) is 3.41. The second-order valence-electron chi connectivity index (χ2n) is 8.26. The van der Waals surface area contributed by atoms with E-state index in [-0.39, 0.29) is 29.0 Å². The Morgan fingerprint density at radius 3 is 2.57 bits per heavy atom. The second kappa shape index (κ2) is 8.11. The van der Waals surface area contributed by atoms with Crippen LogP contribution in [-0.4, -0.2) is 41.2 Å². The summed E-state index contributed by atoms with van der Waals surface area (Å²) < 4.78 is 74.2. The molecule has 6 nitrogen and oxygen atoms in total. The lowest BCUT2D eigenvalue weighted by Gasteiger charge is -2.35. The third kappa shape index (κ3) is 3.95. The average Bonchev–Trinajstić information content (AvgIpc) is 3.17. The van der Waals surface area contributed by atoms with Crippen molar-refractivity contribution in [2.45, 2.75) is 75.6 Å². The van der Waals surface area contributed by atoms with Gasteiger partial charge in [-0.05, 0) is 38.2 Å². The van der Waals surface area contributed by atoms with Gasteiger partial charge in [0.2, 0.25) is 10.0 Å². The van der Waals surface area contributed by atoms with Gasteiger partial charge in [-0.2, -0.15) is 13.2 Å². The van der Waals surface area contributed by atoms with Crippen LogP contribution >= 0.6 is 0 Å². The summed E-state index contributed by atoms with van der Waals surface area (Å²) in [5.74, 6) is -0.450. The zero-order valence-corrected chi connectivity index (χ0v) is 17.7. The van der Waals surface area contributed by atoms with Crippen LogP contribution in [0.5, 0.6) is 0 Å². The van der Waals surface area contributed by atoms with Crippen molar-refractivity contribution in [1.29, 1.82) is 0 Å². The molecule has 2 aliphatic rings. The molecule has 10 heteroatoms. The van der Waals surface area contributed by atoms with Crippen LogP contribution in [0.3, 0.4) is 0 Å². The highest BCUT2D eigenvalue weighted by molar-refractivity contribution is 7.89. The van der Waals surface area contributed by atoms with Gasteiger partial charge in [-0.1, -0.05) is 31.3 Å². The van der Waals surface area contributed by atoms with Crippen LogP contribution in [0.4, 0.5) is 13.2 Å². The Morgan fingerprint density at radius 1 is 1.17 bits per heavy atom. The number of alkyl halides is 3. The third-order valence-corrected chi connectivity index (χ3v) is 8.66. The van der Waals surface area contributed by atoms with Gasteiger partial charge < -0.3 is 4.52 Å². The molecule has 0 amide bonds. The van der Waals surface area contributed by atoms with Crippen molar-refractivity contribution in [2.24, 2.45) is 0 Å². The molecule has 0 spiro atoms. The molecule has 1 saturated carbocycles. The molecular formula is C20H26F3N3O3S. The van der Waals surface area contributed by atoms with Gasteiger partial charge in [-0.15, -0.1) is 0 Å². The minimum Gasteiger partial charge on any atom is -0.336 e. The lowest BCUT2D eigenvalue weighted by molar-refractivity contribution is -0.136. The Labute approximate surface area is 173 Å². The largest absolute Gasteiger partial charge is 0.417 e. The number of hydrogen-bond acceptors (Lipinski definition) is 5. The van der Waals surface area contributed by atoms with Crippen LogP contribution in [0.15, 0.2) is 10.6 Å². The van der Waals surface area contributed by atoms with Crippen LogP contribution in [0.1, 0.15) is 74.7 Å². The molecule has 1 aliphatic heterocycles. The van der Waals surface area contributed by atoms with Gasteiger partial charge in [0.1, 0.15) is 0 Å². The number of rotatable bonds is 4. The third-order valence-electron chi connectivity index (χ3n) is 6.30. The van der Waals surface area contributed by atoms with Gasteiger partial charge >= 0.3 is 6.18 Å². The molecule has 2 aromatic heterocycles. The van der Waals surface area contributed by atoms with Crippen molar-refractivity contribution in [1.82, 2.24) is 14.4 Å². The van der Waals surface area contributed by atoms with Crippen LogP contribution in [0.25, 0.3) is 11.1 Å². The number of aromatic nitrogens is 2. The maximum absolute atomic E-state index is 13.8. The maximum Gasteiger partial charge on any atom is 0.417 e. The van der Waals surface area contributed by atoms with E-state index in [1.807, 2.05) is 0 Å². The molecular weight excluding hydrogens is 419 g/mol. The van der Waals surface area contributed by atoms with E-state index in [0.29, 0.717) is 38.6 Å². The first-order valence-electron chi connectivity index (χ1n) is 10.6. The fourth-order valence-electron chi connectivity index (χ4n) is 4.68. The lowest BCUT2D eigenvalue weighted by atomic mass is 9.93. The van der Waals surface area contributed by atoms with E-state index in [2.05, 4.69) is 10.1 Å². The fourth-order valence-corrected chi connectivity index (χ4v) is 6.80. The summed E-state index contributed by atoms with van der Waals surface area (Å²) in [6, 6.07) is 1.04. The molecule has 2 aromatic rings. The molecule has 0 N–H and O–H groups in total. The highest BCUT2D eigenvalue weighted by Crippen LogP contribution is 2.41. The summed E-state index contributed by atoms with van der Waals surface area (Å²) in [4.78, 5) is 4.16. The molecule has 30 heavy (non-hydrogen) atoms. The van der Waals surface area contributed by atoms with Crippen LogP contribution in [0, 0.1) is 0 Å². The monoisotopic (exact) mass is 445 g/mol. The number of halogens is 3. The molecule has 0 aromatic carbocycles. The maximum atomic E-state index is 13.8. The van der Waals surface area contributed by atoms with E-state index < -0.39 is 32.9 Å². The summed E-state index contributed by atoms with van der Waals surface area (Å²) in [6.45, 7) is 2.25. The molecule has 3 heterocycles. The molecule has 2 fully saturated rings. The van der Waals surface area contributed by atoms with Crippen molar-refractivity contribution < 1.29 is 26.1 Å². The number of hydrogen-bond donors (Lipinski definition) is 0. The Hall–Kier alpha value is -1.68. The van der Waals surface area contributed by atoms with Crippen LogP contribution in [0.2, 0.25) is 0 Å². The topological polar surface area (TPSA) is 76.3 Å². The first-order valence-corrected chi connectivity index (χ1v) is 12.1. The second-order valence-corrected chi connectivity index (χ2v) is 10.5. The number of piperidine rings is 1. The standard InChI is InChI=1S/C20H26F3N3O3S/c1-2-14-11-16(20(21,22)23)17-18(25-29-19(17)24-14)13-7-6-10-26(12-13)30(27,28)15-8-4-3-5-9-15/h11,13,15H,2-10,12H2,1H3/t13-/m1/s1. The molecule has 1 aliphatic carbocycles. The summed E-state index contributed by atoms with van der Waals surface area (Å²) in [6.07, 6.45) is 1.05. The van der Waals surface area contributed by atoms with E-state index in [9.17, 15) is 21.6 Å². The molecule has 1 atom stereocenters. The SMILES string of the molecule is CCc1cc(C(F)(F)F)c2c([C@@H]3CCCN(S(=O)(=O)C4CCCCC4)C3)noc2n1. The van der Waals surface area contributed by atoms with E-state index in [0.717, 1.165) is 25.3 Å². The van der Waals surface area contributed by atoms with Gasteiger partial charge in [0.15, 0.2) is 0 Å². The van der Waals surface area contributed by atoms with Crippen molar-refractivity contribution >= 4 is 21.1 Å². The number of nitrogens with zero attached hydrogens (tertiary/aromatic N) is 3. The number of fused-ring (bicyclic) bond motifs is 1. The molecule has 0 radical (unpaired) electrons. The molecule has 166 valence electrons. The van der Waals surface area contributed by atoms with Crippen molar-refractivity contribution in [3.63, 3.8) is 0 Å². The van der Waals surface area contributed by atoms with E-state index >= 15 is 0 Å². The van der Waals surface area contributed by atoms with E-state index in [4.69, 9.17) is 4.52 Å². The van der Waals surface area contributed by atoms with Gasteiger partial charge in [-0.25, -0.2) is 17.7 Å². The summed E-state index contributed by atoms with van der Waals surface area (Å²) in [5.41, 5.74) is -0.504. The molecule has 1 saturated heterocycles. The first kappa shape index (κ1) is 21.5. The van der Waals surface area contributed by atoms with Crippen LogP contribution < -0.4 is 0 Å². The lowest BCUT2D eigenvalue weighted by Crippen LogP contribution is -2.44. The smallest absolute Gasteiger partial charge is 0.336 e. The van der Waals surface area contributed by atoms with Gasteiger partial charge in [0.05, 0.1) is 21.9 Å². The number of pyridine rings is 1. The van der Waals surface area contributed by atoms with Crippen LogP contribution in [-0.2, 0) is 22.6 Å². The van der Waals surface area contributed by atoms with E-state index in [1.54, 1.807) is 6.92 Å². The quantitative estimate of drug-likeness (QED) is 0.685. The first-order chi connectivity index (χ1) is 14.2. The molecule has 0 unspecified atom stereocenters. The zero-order valence-electron chi connectivity index (χ0n) is 16.9. The molecule has 0 bridgehead atoms. The van der Waals surface area contributed by atoms with Crippen molar-refractivity contribution in [3.8, 4) is 0 Å². The van der Waals surface area contributed by atoms with E-state index in [1.165, 1.54) is 4.31 Å². The normalized spacial score (nSPS) is 22.6. The Balaban J connectivity index is 1.69. The van der Waals surface area contributed by atoms with Crippen molar-refractivity contribution in [3.05, 3.63) is 23.0 Å². The van der Waals surface area contributed by atoms with Gasteiger partial charge in [-0.3, -0.25) is 0 Å². The average molecular weight is 446 g/mol. The summed E-state index contributed by atoms with van der Waals surface area (Å²) in [7, 11) is -3.47. The molecule has 4 rings (SSSR count). The highest BCUT2D eigenvalue weighted by Gasteiger charge is 2.40. The Bertz CT molecular complexity index is 1010. The van der Waals surface area contributed by atoms with Gasteiger partial charge in [0.25, 0.3) is 5.71 Å². The predicted molar refractivity (Wildman–Crippen MR) is 106 cm³/mol. The van der Waals surface area contributed by atoms with Gasteiger partial charge in [0, 0.05) is 24.7 Å². The number of aryl methyl sites for hydroxylation is 1. The number of sulfonamides is 1. The minimum absolute atomic E-state index is 0.132. The van der Waals surface area contributed by atoms with Crippen molar-refractivity contribution in [2.75, 3.05) is 13.1 Å². The fraction of sp³-hybridized carbons (Fsp3) is 0.700. The Morgan fingerprint density at radius 2 is 1.90 bits per heavy atom. The predicted octanol–water partition coefficient (Wildman–Crippen LogP) is 4.65. The highest BCUT2D eigenvalue weighted by atomic mass is 32.2.